The van der Waals surface area contributed by atoms with E-state index in [9.17, 15) is 0 Å². The molecule has 3 heteroatoms. The molecule has 0 saturated carbocycles. The normalized spacial score (nSPS) is 10.0. The SMILES string of the molecule is C=CCOc1cnnc2ccccc12. The molecular weight excluding hydrogens is 176 g/mol. The van der Waals surface area contributed by atoms with Crippen molar-refractivity contribution in [3.8, 4) is 5.75 Å². The van der Waals surface area contributed by atoms with Gasteiger partial charge in [-0.15, -0.1) is 0 Å². The number of ether oxygens (including phenoxy) is 1. The van der Waals surface area contributed by atoms with Gasteiger partial charge in [0.15, 0.2) is 0 Å². The van der Waals surface area contributed by atoms with Gasteiger partial charge < -0.3 is 4.74 Å². The van der Waals surface area contributed by atoms with Gasteiger partial charge >= 0.3 is 0 Å². The summed E-state index contributed by atoms with van der Waals surface area (Å²) in [7, 11) is 0. The van der Waals surface area contributed by atoms with Crippen molar-refractivity contribution in [2.75, 3.05) is 6.61 Å². The maximum absolute atomic E-state index is 5.45. The van der Waals surface area contributed by atoms with Crippen LogP contribution in [-0.4, -0.2) is 16.8 Å². The van der Waals surface area contributed by atoms with Crippen LogP contribution in [0, 0.1) is 0 Å². The molecule has 0 saturated heterocycles. The maximum atomic E-state index is 5.45. The van der Waals surface area contributed by atoms with E-state index in [4.69, 9.17) is 4.74 Å². The fourth-order valence-electron chi connectivity index (χ4n) is 1.25. The van der Waals surface area contributed by atoms with Gasteiger partial charge in [0, 0.05) is 5.39 Å². The molecule has 0 aliphatic heterocycles. The van der Waals surface area contributed by atoms with Crippen LogP contribution in [0.2, 0.25) is 0 Å². The van der Waals surface area contributed by atoms with E-state index in [2.05, 4.69) is 16.8 Å². The summed E-state index contributed by atoms with van der Waals surface area (Å²) in [5.74, 6) is 0.746. The number of hydrogen-bond donors (Lipinski definition) is 0. The van der Waals surface area contributed by atoms with E-state index in [1.807, 2.05) is 24.3 Å². The lowest BCUT2D eigenvalue weighted by Crippen LogP contribution is -1.95. The Morgan fingerprint density at radius 1 is 1.36 bits per heavy atom. The van der Waals surface area contributed by atoms with Crippen LogP contribution in [0.4, 0.5) is 0 Å². The summed E-state index contributed by atoms with van der Waals surface area (Å²) in [4.78, 5) is 0. The fourth-order valence-corrected chi connectivity index (χ4v) is 1.25. The van der Waals surface area contributed by atoms with E-state index in [-0.39, 0.29) is 0 Å². The van der Waals surface area contributed by atoms with Crippen LogP contribution in [0.5, 0.6) is 5.75 Å². The van der Waals surface area contributed by atoms with Gasteiger partial charge in [0.1, 0.15) is 12.4 Å². The highest BCUT2D eigenvalue weighted by molar-refractivity contribution is 5.83. The Balaban J connectivity index is 2.48. The summed E-state index contributed by atoms with van der Waals surface area (Å²) in [6.07, 6.45) is 3.32. The molecule has 0 aliphatic carbocycles. The van der Waals surface area contributed by atoms with Crippen LogP contribution in [0.1, 0.15) is 0 Å². The summed E-state index contributed by atoms with van der Waals surface area (Å²) in [6.45, 7) is 4.08. The number of hydrogen-bond acceptors (Lipinski definition) is 3. The van der Waals surface area contributed by atoms with Crippen LogP contribution < -0.4 is 4.74 Å². The van der Waals surface area contributed by atoms with Crippen molar-refractivity contribution in [1.82, 2.24) is 10.2 Å². The van der Waals surface area contributed by atoms with Gasteiger partial charge in [0.25, 0.3) is 0 Å². The first-order valence-corrected chi connectivity index (χ1v) is 4.36. The van der Waals surface area contributed by atoms with E-state index < -0.39 is 0 Å². The van der Waals surface area contributed by atoms with Crippen LogP contribution in [0.25, 0.3) is 10.9 Å². The van der Waals surface area contributed by atoms with E-state index >= 15 is 0 Å². The lowest BCUT2D eigenvalue weighted by Gasteiger charge is -2.04. The molecule has 2 aromatic rings. The molecular formula is C11H10N2O. The molecule has 0 atom stereocenters. The van der Waals surface area contributed by atoms with E-state index in [1.54, 1.807) is 12.3 Å². The molecule has 0 amide bonds. The highest BCUT2D eigenvalue weighted by Gasteiger charge is 2.01. The summed E-state index contributed by atoms with van der Waals surface area (Å²) in [6, 6.07) is 7.74. The Bertz CT molecular complexity index is 448. The molecule has 3 nitrogen and oxygen atoms in total. The predicted molar refractivity (Wildman–Crippen MR) is 55.2 cm³/mol. The van der Waals surface area contributed by atoms with Gasteiger partial charge in [-0.3, -0.25) is 0 Å². The fraction of sp³-hybridized carbons (Fsp3) is 0.0909. The summed E-state index contributed by atoms with van der Waals surface area (Å²) in [5.41, 5.74) is 0.842. The monoisotopic (exact) mass is 186 g/mol. The smallest absolute Gasteiger partial charge is 0.149 e. The molecule has 0 bridgehead atoms. The lowest BCUT2D eigenvalue weighted by atomic mass is 10.2. The average Bonchev–Trinajstić information content (AvgIpc) is 2.26. The molecule has 0 radical (unpaired) electrons. The summed E-state index contributed by atoms with van der Waals surface area (Å²) >= 11 is 0. The van der Waals surface area contributed by atoms with Crippen LogP contribution >= 0.6 is 0 Å². The third kappa shape index (κ3) is 1.57. The Morgan fingerprint density at radius 2 is 2.21 bits per heavy atom. The molecule has 1 aromatic heterocycles. The summed E-state index contributed by atoms with van der Waals surface area (Å²) < 4.78 is 5.45. The maximum Gasteiger partial charge on any atom is 0.149 e. The highest BCUT2D eigenvalue weighted by Crippen LogP contribution is 2.21. The van der Waals surface area contributed by atoms with Gasteiger partial charge in [0.05, 0.1) is 11.7 Å². The average molecular weight is 186 g/mol. The molecule has 1 heterocycles. The number of benzene rings is 1. The number of nitrogens with zero attached hydrogens (tertiary/aromatic N) is 2. The third-order valence-corrected chi connectivity index (χ3v) is 1.87. The van der Waals surface area contributed by atoms with Crippen LogP contribution in [0.3, 0.4) is 0 Å². The minimum absolute atomic E-state index is 0.482. The van der Waals surface area contributed by atoms with Crippen LogP contribution in [-0.2, 0) is 0 Å². The predicted octanol–water partition coefficient (Wildman–Crippen LogP) is 2.19. The largest absolute Gasteiger partial charge is 0.487 e. The van der Waals surface area contributed by atoms with Gasteiger partial charge in [-0.05, 0) is 12.1 Å². The minimum atomic E-state index is 0.482. The Hall–Kier alpha value is -1.90. The molecule has 0 spiro atoms. The van der Waals surface area contributed by atoms with Crippen molar-refractivity contribution in [1.29, 1.82) is 0 Å². The number of aromatic nitrogens is 2. The van der Waals surface area contributed by atoms with Gasteiger partial charge in [-0.25, -0.2) is 0 Å². The quantitative estimate of drug-likeness (QED) is 0.689. The van der Waals surface area contributed by atoms with E-state index in [0.29, 0.717) is 6.61 Å². The van der Waals surface area contributed by atoms with E-state index in [0.717, 1.165) is 16.7 Å². The highest BCUT2D eigenvalue weighted by atomic mass is 16.5. The molecule has 14 heavy (non-hydrogen) atoms. The Labute approximate surface area is 82.0 Å². The minimum Gasteiger partial charge on any atom is -0.487 e. The molecule has 0 N–H and O–H groups in total. The van der Waals surface area contributed by atoms with E-state index in [1.165, 1.54) is 0 Å². The standard InChI is InChI=1S/C11H10N2O/c1-2-7-14-11-8-12-13-10-6-4-3-5-9(10)11/h2-6,8H,1,7H2. The van der Waals surface area contributed by atoms with Gasteiger partial charge in [-0.1, -0.05) is 24.8 Å². The van der Waals surface area contributed by atoms with Crippen molar-refractivity contribution in [2.24, 2.45) is 0 Å². The first kappa shape index (κ1) is 8.69. The third-order valence-electron chi connectivity index (χ3n) is 1.87. The van der Waals surface area contributed by atoms with Crippen molar-refractivity contribution < 1.29 is 4.74 Å². The first-order valence-electron chi connectivity index (χ1n) is 4.36. The molecule has 2 rings (SSSR count). The van der Waals surface area contributed by atoms with Crippen molar-refractivity contribution in [2.45, 2.75) is 0 Å². The first-order chi connectivity index (χ1) is 6.92. The van der Waals surface area contributed by atoms with Crippen molar-refractivity contribution >= 4 is 10.9 Å². The Kier molecular flexibility index (Phi) is 2.40. The second kappa shape index (κ2) is 3.87. The number of fused-ring (bicyclic) bond motifs is 1. The van der Waals surface area contributed by atoms with Crippen molar-refractivity contribution in [3.05, 3.63) is 43.1 Å². The second-order valence-electron chi connectivity index (χ2n) is 2.83. The zero-order valence-corrected chi connectivity index (χ0v) is 7.68. The molecule has 70 valence electrons. The lowest BCUT2D eigenvalue weighted by molar-refractivity contribution is 0.365. The molecule has 1 aromatic carbocycles. The zero-order valence-electron chi connectivity index (χ0n) is 7.68. The number of rotatable bonds is 3. The topological polar surface area (TPSA) is 35.0 Å². The van der Waals surface area contributed by atoms with Crippen molar-refractivity contribution in [3.63, 3.8) is 0 Å². The molecule has 0 unspecified atom stereocenters. The zero-order chi connectivity index (χ0) is 9.80. The van der Waals surface area contributed by atoms with Gasteiger partial charge in [0.2, 0.25) is 0 Å². The Morgan fingerprint density at radius 3 is 3.07 bits per heavy atom. The van der Waals surface area contributed by atoms with Crippen LogP contribution in [0.15, 0.2) is 43.1 Å². The molecule has 0 aliphatic rings. The van der Waals surface area contributed by atoms with Gasteiger partial charge in [-0.2, -0.15) is 10.2 Å². The second-order valence-corrected chi connectivity index (χ2v) is 2.83. The summed E-state index contributed by atoms with van der Waals surface area (Å²) in [5, 5.41) is 8.83. The molecule has 0 fully saturated rings.